The molecule has 0 unspecified atom stereocenters. The fraction of sp³-hybridized carbons (Fsp3) is 0.211. The smallest absolute Gasteiger partial charge is 0.343 e. The van der Waals surface area contributed by atoms with Gasteiger partial charge >= 0.3 is 17.9 Å². The van der Waals surface area contributed by atoms with Crippen LogP contribution in [0, 0.1) is 41.5 Å². The summed E-state index contributed by atoms with van der Waals surface area (Å²) in [7, 11) is 0. The highest BCUT2D eigenvalue weighted by atomic mass is 16.5. The third-order valence-corrected chi connectivity index (χ3v) is 20.0. The summed E-state index contributed by atoms with van der Waals surface area (Å²) < 4.78 is 19.9. The summed E-state index contributed by atoms with van der Waals surface area (Å²) in [4.78, 5) is 50.7. The first-order chi connectivity index (χ1) is 50.3. The molecule has 0 N–H and O–H groups in total. The molecule has 0 heterocycles. The van der Waals surface area contributed by atoms with E-state index in [9.17, 15) is 14.4 Å². The number of carbonyl (C=O) groups is 3. The molecule has 104 heavy (non-hydrogen) atoms. The van der Waals surface area contributed by atoms with Gasteiger partial charge in [-0.2, -0.15) is 0 Å². The lowest BCUT2D eigenvalue weighted by molar-refractivity contribution is 0.0722. The van der Waals surface area contributed by atoms with Crippen LogP contribution in [0.2, 0.25) is 0 Å². The van der Waals surface area contributed by atoms with Crippen LogP contribution in [0.5, 0.6) is 17.2 Å². The third kappa shape index (κ3) is 15.4. The summed E-state index contributed by atoms with van der Waals surface area (Å²) in [5.41, 5.74) is 24.3. The average Bonchev–Trinajstić information content (AvgIpc) is 0.733. The van der Waals surface area contributed by atoms with Gasteiger partial charge in [-0.15, -0.1) is 0 Å². The van der Waals surface area contributed by atoms with Crippen molar-refractivity contribution in [3.05, 3.63) is 355 Å². The maximum atomic E-state index is 14.7. The molecule has 0 aliphatic carbocycles. The van der Waals surface area contributed by atoms with Gasteiger partial charge in [-0.1, -0.05) is 151 Å². The van der Waals surface area contributed by atoms with Crippen LogP contribution in [0.25, 0.3) is 0 Å². The molecule has 12 aromatic rings. The zero-order valence-electron chi connectivity index (χ0n) is 62.3. The van der Waals surface area contributed by atoms with Gasteiger partial charge in [0.1, 0.15) is 17.2 Å². The predicted octanol–water partition coefficient (Wildman–Crippen LogP) is 24.3. The molecule has 0 bridgehead atoms. The van der Waals surface area contributed by atoms with Gasteiger partial charge in [-0.25, -0.2) is 14.4 Å². The lowest BCUT2D eigenvalue weighted by Crippen LogP contribution is -2.28. The summed E-state index contributed by atoms with van der Waals surface area (Å²) in [5.74, 6) is 0.290. The van der Waals surface area contributed by atoms with Crippen molar-refractivity contribution in [2.75, 3.05) is 14.7 Å². The Kier molecular flexibility index (Phi) is 22.1. The third-order valence-electron chi connectivity index (χ3n) is 20.0. The molecule has 0 aromatic heterocycles. The summed E-state index contributed by atoms with van der Waals surface area (Å²) in [6.07, 6.45) is 3.41. The number of aryl methyl sites for hydroxylation is 12. The molecule has 0 saturated heterocycles. The van der Waals surface area contributed by atoms with Crippen LogP contribution in [0.15, 0.2) is 255 Å². The van der Waals surface area contributed by atoms with Crippen molar-refractivity contribution >= 4 is 69.1 Å². The van der Waals surface area contributed by atoms with Crippen LogP contribution in [0.4, 0.5) is 51.2 Å². The van der Waals surface area contributed by atoms with Gasteiger partial charge in [-0.3, -0.25) is 0 Å². The fourth-order valence-electron chi connectivity index (χ4n) is 14.2. The van der Waals surface area contributed by atoms with E-state index in [1.807, 2.05) is 72.8 Å². The van der Waals surface area contributed by atoms with E-state index in [0.29, 0.717) is 72.5 Å². The molecule has 0 aliphatic rings. The molecule has 524 valence electrons. The number of hydrogen-bond donors (Lipinski definition) is 0. The Morgan fingerprint density at radius 3 is 0.606 bits per heavy atom. The van der Waals surface area contributed by atoms with E-state index in [2.05, 4.69) is 287 Å². The second-order valence-electron chi connectivity index (χ2n) is 27.5. The molecular formula is C95H93N3O6. The van der Waals surface area contributed by atoms with Crippen LogP contribution >= 0.6 is 0 Å². The zero-order valence-corrected chi connectivity index (χ0v) is 62.3. The van der Waals surface area contributed by atoms with E-state index in [1.54, 1.807) is 0 Å². The first-order valence-electron chi connectivity index (χ1n) is 36.6. The minimum absolute atomic E-state index is 0.431. The molecule has 9 heteroatoms. The Hall–Kier alpha value is -11.6. The number of anilines is 9. The van der Waals surface area contributed by atoms with Gasteiger partial charge in [0.05, 0.1) is 16.7 Å². The zero-order chi connectivity index (χ0) is 73.3. The van der Waals surface area contributed by atoms with Crippen molar-refractivity contribution in [2.24, 2.45) is 0 Å². The molecule has 0 atom stereocenters. The maximum Gasteiger partial charge on any atom is 0.343 e. The van der Waals surface area contributed by atoms with E-state index in [1.165, 1.54) is 0 Å². The number of benzene rings is 12. The van der Waals surface area contributed by atoms with Gasteiger partial charge in [0, 0.05) is 56.6 Å². The van der Waals surface area contributed by atoms with E-state index in [-0.39, 0.29) is 0 Å². The molecule has 0 spiro atoms. The number of hydrogen-bond acceptors (Lipinski definition) is 9. The molecule has 0 fully saturated rings. The monoisotopic (exact) mass is 1370 g/mol. The highest BCUT2D eigenvalue weighted by molar-refractivity contribution is 5.95. The second-order valence-corrected chi connectivity index (χ2v) is 27.5. The SMILES string of the molecule is CCc1cc(C(C)(c2cc(CC)c(OC(=O)c3ccc(N(c4cccc(C)c4)c4cccc(C)c4)cc3)c(CC)c2)c2cc(CC)c(OC(=O)c3ccc(N(c4cccc(C)c4)c4cccc(C)c4)cc3)c(CC)c2)cc(CC)c1OC(=O)c1ccc(N(c2cccc(C)c2)c2cccc(C)c2)cc1. The largest absolute Gasteiger partial charge is 0.422 e. The molecule has 0 amide bonds. The lowest BCUT2D eigenvalue weighted by atomic mass is 9.68. The minimum atomic E-state index is -0.897. The fourth-order valence-corrected chi connectivity index (χ4v) is 14.2. The molecule has 0 saturated carbocycles. The number of nitrogens with zero attached hydrogens (tertiary/aromatic N) is 3. The Labute approximate surface area is 615 Å². The predicted molar refractivity (Wildman–Crippen MR) is 428 cm³/mol. The second kappa shape index (κ2) is 31.8. The van der Waals surface area contributed by atoms with Crippen molar-refractivity contribution in [2.45, 2.75) is 134 Å². The summed E-state index contributed by atoms with van der Waals surface area (Å²) >= 11 is 0. The average molecular weight is 1370 g/mol. The number of esters is 3. The number of carbonyl (C=O) groups excluding carboxylic acids is 3. The Morgan fingerprint density at radius 1 is 0.260 bits per heavy atom. The van der Waals surface area contributed by atoms with Gasteiger partial charge in [-0.05, 0) is 316 Å². The molecular weight excluding hydrogens is 1280 g/mol. The van der Waals surface area contributed by atoms with Crippen molar-refractivity contribution in [1.82, 2.24) is 0 Å². The first kappa shape index (κ1) is 72.2. The molecule has 0 aliphatic heterocycles. The van der Waals surface area contributed by atoms with Gasteiger partial charge < -0.3 is 28.9 Å². The Bertz CT molecular complexity index is 4410. The van der Waals surface area contributed by atoms with Crippen molar-refractivity contribution < 1.29 is 28.6 Å². The molecule has 12 aromatic carbocycles. The highest BCUT2D eigenvalue weighted by Crippen LogP contribution is 2.48. The van der Waals surface area contributed by atoms with Crippen LogP contribution in [-0.4, -0.2) is 17.9 Å². The lowest BCUT2D eigenvalue weighted by Gasteiger charge is -2.35. The number of ether oxygens (including phenoxy) is 3. The van der Waals surface area contributed by atoms with Crippen LogP contribution in [0.1, 0.15) is 163 Å². The van der Waals surface area contributed by atoms with Crippen LogP contribution < -0.4 is 28.9 Å². The summed E-state index contributed by atoms with van der Waals surface area (Å²) in [6.45, 7) is 27.4. The molecule has 9 nitrogen and oxygen atoms in total. The normalized spacial score (nSPS) is 11.3. The molecule has 0 radical (unpaired) electrons. The molecule has 12 rings (SSSR count). The quantitative estimate of drug-likeness (QED) is 0.0333. The topological polar surface area (TPSA) is 88.6 Å². The Morgan fingerprint density at radius 2 is 0.442 bits per heavy atom. The van der Waals surface area contributed by atoms with Gasteiger partial charge in [0.15, 0.2) is 0 Å². The van der Waals surface area contributed by atoms with E-state index in [4.69, 9.17) is 14.2 Å². The van der Waals surface area contributed by atoms with Gasteiger partial charge in [0.2, 0.25) is 0 Å². The van der Waals surface area contributed by atoms with Gasteiger partial charge in [0.25, 0.3) is 0 Å². The highest BCUT2D eigenvalue weighted by Gasteiger charge is 2.37. The maximum absolute atomic E-state index is 14.7. The van der Waals surface area contributed by atoms with E-state index < -0.39 is 23.3 Å². The van der Waals surface area contributed by atoms with Crippen molar-refractivity contribution in [3.8, 4) is 17.2 Å². The summed E-state index contributed by atoms with van der Waals surface area (Å²) in [5, 5.41) is 0. The van der Waals surface area contributed by atoms with Crippen LogP contribution in [-0.2, 0) is 43.9 Å². The van der Waals surface area contributed by atoms with E-state index in [0.717, 1.165) is 135 Å². The Balaban J connectivity index is 0.920. The first-order valence-corrected chi connectivity index (χ1v) is 36.6. The van der Waals surface area contributed by atoms with E-state index >= 15 is 0 Å². The van der Waals surface area contributed by atoms with Crippen LogP contribution in [0.3, 0.4) is 0 Å². The standard InChI is InChI=1S/C95H93N3O6/c1-14-68-56-77(57-69(15-2)89(68)102-92(99)74-38-44-80(45-39-74)96(83-32-20-26-62(7)50-83)84-33-21-27-63(8)51-84)95(13,78-58-70(16-3)90(71(17-4)59-78)103-93(100)75-40-46-81(47-41-75)97(85-34-22-28-64(9)52-85)86-35-23-29-65(10)53-86)79-60-72(18-5)91(73(19-6)61-79)104-94(101)76-42-48-82(49-43-76)98(87-36-24-30-66(11)54-87)88-37-25-31-67(12)55-88/h20-61H,14-19H2,1-13H3. The minimum Gasteiger partial charge on any atom is -0.422 e. The van der Waals surface area contributed by atoms with Crippen molar-refractivity contribution in [1.29, 1.82) is 0 Å². The summed E-state index contributed by atoms with van der Waals surface area (Å²) in [6, 6.07) is 86.7. The van der Waals surface area contributed by atoms with Crippen molar-refractivity contribution in [3.63, 3.8) is 0 Å². The number of rotatable bonds is 24.